The fraction of sp³-hybridized carbons (Fsp3) is 0.538. The summed E-state index contributed by atoms with van der Waals surface area (Å²) >= 11 is 0. The quantitative estimate of drug-likeness (QED) is 0.822. The SMILES string of the molecule is CC1(Cc2ccc3c(c2)OCCO3)CCN1. The molecule has 1 unspecified atom stereocenters. The molecule has 2 aliphatic heterocycles. The van der Waals surface area contributed by atoms with Gasteiger partial charge in [0.05, 0.1) is 0 Å². The fourth-order valence-corrected chi connectivity index (χ4v) is 2.35. The molecule has 0 aromatic heterocycles. The molecule has 1 aromatic rings. The third-order valence-electron chi connectivity index (χ3n) is 3.43. The van der Waals surface area contributed by atoms with Crippen molar-refractivity contribution in [2.45, 2.75) is 25.3 Å². The first-order valence-corrected chi connectivity index (χ1v) is 5.89. The van der Waals surface area contributed by atoms with E-state index in [2.05, 4.69) is 24.4 Å². The molecule has 0 spiro atoms. The summed E-state index contributed by atoms with van der Waals surface area (Å²) in [4.78, 5) is 0. The molecule has 1 fully saturated rings. The van der Waals surface area contributed by atoms with Crippen LogP contribution in [0.15, 0.2) is 18.2 Å². The van der Waals surface area contributed by atoms with E-state index < -0.39 is 0 Å². The largest absolute Gasteiger partial charge is 0.486 e. The minimum Gasteiger partial charge on any atom is -0.486 e. The fourth-order valence-electron chi connectivity index (χ4n) is 2.35. The molecule has 0 bridgehead atoms. The van der Waals surface area contributed by atoms with E-state index in [1.807, 2.05) is 6.07 Å². The summed E-state index contributed by atoms with van der Waals surface area (Å²) in [7, 11) is 0. The molecule has 1 atom stereocenters. The smallest absolute Gasteiger partial charge is 0.161 e. The number of fused-ring (bicyclic) bond motifs is 1. The van der Waals surface area contributed by atoms with Crippen LogP contribution in [0.5, 0.6) is 11.5 Å². The lowest BCUT2D eigenvalue weighted by Gasteiger charge is -2.40. The third kappa shape index (κ3) is 1.76. The summed E-state index contributed by atoms with van der Waals surface area (Å²) < 4.78 is 11.1. The third-order valence-corrected chi connectivity index (χ3v) is 3.43. The number of nitrogens with one attached hydrogen (secondary N) is 1. The van der Waals surface area contributed by atoms with E-state index in [-0.39, 0.29) is 5.54 Å². The Labute approximate surface area is 95.8 Å². The van der Waals surface area contributed by atoms with Crippen LogP contribution >= 0.6 is 0 Å². The molecule has 16 heavy (non-hydrogen) atoms. The molecule has 3 nitrogen and oxygen atoms in total. The van der Waals surface area contributed by atoms with Gasteiger partial charge in [-0.2, -0.15) is 0 Å². The van der Waals surface area contributed by atoms with Gasteiger partial charge in [0.15, 0.2) is 11.5 Å². The molecule has 1 saturated heterocycles. The predicted molar refractivity (Wildman–Crippen MR) is 62.2 cm³/mol. The van der Waals surface area contributed by atoms with Gasteiger partial charge >= 0.3 is 0 Å². The van der Waals surface area contributed by atoms with E-state index in [0.29, 0.717) is 13.2 Å². The number of hydrogen-bond donors (Lipinski definition) is 1. The van der Waals surface area contributed by atoms with Gasteiger partial charge in [0.1, 0.15) is 13.2 Å². The van der Waals surface area contributed by atoms with Crippen molar-refractivity contribution in [3.05, 3.63) is 23.8 Å². The predicted octanol–water partition coefficient (Wildman–Crippen LogP) is 1.75. The summed E-state index contributed by atoms with van der Waals surface area (Å²) in [6.45, 7) is 4.73. The maximum absolute atomic E-state index is 5.58. The van der Waals surface area contributed by atoms with Crippen molar-refractivity contribution in [3.63, 3.8) is 0 Å². The molecule has 0 aliphatic carbocycles. The molecule has 1 N–H and O–H groups in total. The minimum absolute atomic E-state index is 0.282. The van der Waals surface area contributed by atoms with Crippen LogP contribution in [0.25, 0.3) is 0 Å². The number of ether oxygens (including phenoxy) is 2. The van der Waals surface area contributed by atoms with Crippen molar-refractivity contribution >= 4 is 0 Å². The van der Waals surface area contributed by atoms with Crippen molar-refractivity contribution < 1.29 is 9.47 Å². The van der Waals surface area contributed by atoms with Crippen molar-refractivity contribution in [2.24, 2.45) is 0 Å². The summed E-state index contributed by atoms with van der Waals surface area (Å²) in [6.07, 6.45) is 2.31. The molecule has 0 amide bonds. The highest BCUT2D eigenvalue weighted by atomic mass is 16.6. The van der Waals surface area contributed by atoms with Crippen LogP contribution in [0.3, 0.4) is 0 Å². The van der Waals surface area contributed by atoms with Crippen molar-refractivity contribution in [1.82, 2.24) is 5.32 Å². The normalized spacial score (nSPS) is 27.3. The Hall–Kier alpha value is -1.22. The lowest BCUT2D eigenvalue weighted by atomic mass is 9.84. The van der Waals surface area contributed by atoms with Crippen molar-refractivity contribution in [2.75, 3.05) is 19.8 Å². The van der Waals surface area contributed by atoms with Crippen LogP contribution < -0.4 is 14.8 Å². The van der Waals surface area contributed by atoms with Crippen LogP contribution in [0, 0.1) is 0 Å². The molecule has 3 heteroatoms. The van der Waals surface area contributed by atoms with E-state index in [4.69, 9.17) is 9.47 Å². The van der Waals surface area contributed by atoms with Crippen LogP contribution in [0.2, 0.25) is 0 Å². The van der Waals surface area contributed by atoms with Crippen LogP contribution in [-0.2, 0) is 6.42 Å². The molecule has 1 aromatic carbocycles. The van der Waals surface area contributed by atoms with Gasteiger partial charge in [-0.25, -0.2) is 0 Å². The molecular formula is C13H17NO2. The summed E-state index contributed by atoms with van der Waals surface area (Å²) in [6, 6.07) is 6.27. The van der Waals surface area contributed by atoms with Gasteiger partial charge in [0, 0.05) is 5.54 Å². The molecular weight excluding hydrogens is 202 g/mol. The maximum Gasteiger partial charge on any atom is 0.161 e. The van der Waals surface area contributed by atoms with Gasteiger partial charge in [0.25, 0.3) is 0 Å². The second-order valence-electron chi connectivity index (χ2n) is 4.89. The molecule has 2 heterocycles. The highest BCUT2D eigenvalue weighted by Gasteiger charge is 2.31. The van der Waals surface area contributed by atoms with E-state index in [1.165, 1.54) is 12.0 Å². The zero-order valence-electron chi connectivity index (χ0n) is 9.58. The van der Waals surface area contributed by atoms with E-state index in [1.54, 1.807) is 0 Å². The molecule has 86 valence electrons. The highest BCUT2D eigenvalue weighted by molar-refractivity contribution is 5.44. The van der Waals surface area contributed by atoms with Crippen molar-refractivity contribution in [3.8, 4) is 11.5 Å². The standard InChI is InChI=1S/C13H17NO2/c1-13(4-5-14-13)9-10-2-3-11-12(8-10)16-7-6-15-11/h2-3,8,14H,4-7,9H2,1H3. The number of hydrogen-bond acceptors (Lipinski definition) is 3. The van der Waals surface area contributed by atoms with Crippen LogP contribution in [0.1, 0.15) is 18.9 Å². The van der Waals surface area contributed by atoms with Crippen LogP contribution in [0.4, 0.5) is 0 Å². The first kappa shape index (κ1) is 9.97. The molecule has 0 radical (unpaired) electrons. The molecule has 0 saturated carbocycles. The van der Waals surface area contributed by atoms with E-state index in [0.717, 1.165) is 24.5 Å². The van der Waals surface area contributed by atoms with Crippen molar-refractivity contribution in [1.29, 1.82) is 0 Å². The van der Waals surface area contributed by atoms with Crippen LogP contribution in [-0.4, -0.2) is 25.3 Å². The Morgan fingerprint density at radius 3 is 2.69 bits per heavy atom. The van der Waals surface area contributed by atoms with E-state index in [9.17, 15) is 0 Å². The van der Waals surface area contributed by atoms with Gasteiger partial charge in [-0.15, -0.1) is 0 Å². The van der Waals surface area contributed by atoms with Gasteiger partial charge in [-0.1, -0.05) is 6.07 Å². The Morgan fingerprint density at radius 1 is 1.25 bits per heavy atom. The second kappa shape index (κ2) is 3.67. The first-order chi connectivity index (χ1) is 7.75. The van der Waals surface area contributed by atoms with Gasteiger partial charge in [-0.3, -0.25) is 0 Å². The number of rotatable bonds is 2. The second-order valence-corrected chi connectivity index (χ2v) is 4.89. The number of benzene rings is 1. The van der Waals surface area contributed by atoms with Gasteiger partial charge in [-0.05, 0) is 44.0 Å². The monoisotopic (exact) mass is 219 g/mol. The summed E-state index contributed by atoms with van der Waals surface area (Å²) in [5.41, 5.74) is 1.60. The summed E-state index contributed by atoms with van der Waals surface area (Å²) in [5.74, 6) is 1.77. The zero-order chi connectivity index (χ0) is 11.0. The Morgan fingerprint density at radius 2 is 2.00 bits per heavy atom. The Bertz CT molecular complexity index is 399. The zero-order valence-corrected chi connectivity index (χ0v) is 9.58. The lowest BCUT2D eigenvalue weighted by molar-refractivity contribution is 0.171. The maximum atomic E-state index is 5.58. The average molecular weight is 219 g/mol. The summed E-state index contributed by atoms with van der Waals surface area (Å²) in [5, 5.41) is 3.48. The molecule has 2 aliphatic rings. The Balaban J connectivity index is 1.80. The highest BCUT2D eigenvalue weighted by Crippen LogP contribution is 2.33. The topological polar surface area (TPSA) is 30.5 Å². The van der Waals surface area contributed by atoms with Gasteiger partial charge < -0.3 is 14.8 Å². The average Bonchev–Trinajstić information content (AvgIpc) is 2.27. The van der Waals surface area contributed by atoms with E-state index >= 15 is 0 Å². The molecule has 3 rings (SSSR count). The lowest BCUT2D eigenvalue weighted by Crippen LogP contribution is -2.55. The minimum atomic E-state index is 0.282. The van der Waals surface area contributed by atoms with Gasteiger partial charge in [0.2, 0.25) is 0 Å². The first-order valence-electron chi connectivity index (χ1n) is 5.89. The Kier molecular flexibility index (Phi) is 2.28.